The highest BCUT2D eigenvalue weighted by molar-refractivity contribution is 7.98. The van der Waals surface area contributed by atoms with Crippen LogP contribution in [0.25, 0.3) is 17.1 Å². The molecule has 182 valence electrons. The number of ether oxygens (including phenoxy) is 1. The molecule has 0 saturated heterocycles. The minimum absolute atomic E-state index is 0.222. The van der Waals surface area contributed by atoms with Crippen molar-refractivity contribution in [2.45, 2.75) is 26.0 Å². The third-order valence-corrected chi connectivity index (χ3v) is 6.36. The summed E-state index contributed by atoms with van der Waals surface area (Å²) in [5.41, 5.74) is 2.23. The number of para-hydroxylation sites is 2. The summed E-state index contributed by atoms with van der Waals surface area (Å²) in [4.78, 5) is 29.9. The first-order valence-electron chi connectivity index (χ1n) is 11.3. The van der Waals surface area contributed by atoms with Crippen molar-refractivity contribution in [1.29, 1.82) is 0 Å². The lowest BCUT2D eigenvalue weighted by atomic mass is 10.2. The number of rotatable bonds is 10. The maximum atomic E-state index is 12.9. The highest BCUT2D eigenvalue weighted by atomic mass is 32.2. The fraction of sp³-hybridized carbons (Fsp3) is 0.280. The second kappa shape index (κ2) is 11.1. The number of nitrogens with one attached hydrogen (secondary N) is 1. The van der Waals surface area contributed by atoms with Gasteiger partial charge in [0, 0.05) is 19.2 Å². The molecule has 0 bridgehead atoms. The zero-order valence-electron chi connectivity index (χ0n) is 19.9. The summed E-state index contributed by atoms with van der Waals surface area (Å²) in [5.74, 6) is 2.44. The van der Waals surface area contributed by atoms with Crippen LogP contribution in [0.1, 0.15) is 24.9 Å². The molecular weight excluding hydrogens is 466 g/mol. The Hall–Kier alpha value is -3.79. The molecule has 35 heavy (non-hydrogen) atoms. The fourth-order valence-corrected chi connectivity index (χ4v) is 4.36. The molecule has 0 radical (unpaired) electrons. The molecular formula is C25H27N5O4S. The van der Waals surface area contributed by atoms with E-state index in [1.165, 1.54) is 16.4 Å². The number of aromatic nitrogens is 4. The van der Waals surface area contributed by atoms with Crippen LogP contribution in [0.4, 0.5) is 5.69 Å². The Morgan fingerprint density at radius 3 is 2.66 bits per heavy atom. The lowest BCUT2D eigenvalue weighted by molar-refractivity contribution is -0.115. The molecule has 0 aliphatic heterocycles. The number of nitrogens with zero attached hydrogens (tertiary/aromatic N) is 4. The Balaban J connectivity index is 1.32. The molecule has 0 spiro atoms. The van der Waals surface area contributed by atoms with Gasteiger partial charge < -0.3 is 14.6 Å². The van der Waals surface area contributed by atoms with E-state index < -0.39 is 0 Å². The van der Waals surface area contributed by atoms with Crippen LogP contribution < -0.4 is 15.6 Å². The van der Waals surface area contributed by atoms with Crippen LogP contribution in [0.3, 0.4) is 0 Å². The Morgan fingerprint density at radius 1 is 1.14 bits per heavy atom. The Kier molecular flexibility index (Phi) is 7.71. The number of benzene rings is 2. The summed E-state index contributed by atoms with van der Waals surface area (Å²) in [6.45, 7) is 4.27. The molecule has 4 aromatic rings. The third-order valence-electron chi connectivity index (χ3n) is 5.41. The predicted octanol–water partition coefficient (Wildman–Crippen LogP) is 4.20. The molecule has 10 heteroatoms. The van der Waals surface area contributed by atoms with Gasteiger partial charge in [-0.2, -0.15) is 16.7 Å². The van der Waals surface area contributed by atoms with Crippen LogP contribution in [-0.4, -0.2) is 37.8 Å². The van der Waals surface area contributed by atoms with E-state index in [0.29, 0.717) is 47.0 Å². The van der Waals surface area contributed by atoms with Gasteiger partial charge in [-0.25, -0.2) is 4.68 Å². The third kappa shape index (κ3) is 5.48. The predicted molar refractivity (Wildman–Crippen MR) is 136 cm³/mol. The van der Waals surface area contributed by atoms with Crippen molar-refractivity contribution in [2.75, 3.05) is 17.7 Å². The zero-order valence-corrected chi connectivity index (χ0v) is 20.7. The number of carbonyl (C=O) groups is 1. The summed E-state index contributed by atoms with van der Waals surface area (Å²) in [6, 6.07) is 16.9. The molecule has 0 aliphatic carbocycles. The molecule has 0 aliphatic rings. The van der Waals surface area contributed by atoms with Crippen LogP contribution in [0.15, 0.2) is 63.9 Å². The van der Waals surface area contributed by atoms with Gasteiger partial charge in [-0.15, -0.1) is 0 Å². The smallest absolute Gasteiger partial charge is 0.295 e. The van der Waals surface area contributed by atoms with Gasteiger partial charge in [0.05, 0.1) is 29.3 Å². The fourth-order valence-electron chi connectivity index (χ4n) is 3.59. The zero-order chi connectivity index (χ0) is 24.8. The molecule has 1 amide bonds. The molecule has 0 atom stereocenters. The van der Waals surface area contributed by atoms with Gasteiger partial charge in [-0.05, 0) is 38.1 Å². The van der Waals surface area contributed by atoms with Crippen molar-refractivity contribution in [1.82, 2.24) is 19.5 Å². The number of anilines is 1. The van der Waals surface area contributed by atoms with E-state index in [1.807, 2.05) is 68.4 Å². The van der Waals surface area contributed by atoms with E-state index in [-0.39, 0.29) is 17.9 Å². The molecule has 2 aromatic carbocycles. The minimum atomic E-state index is -0.261. The van der Waals surface area contributed by atoms with Crippen LogP contribution in [0.2, 0.25) is 0 Å². The van der Waals surface area contributed by atoms with Gasteiger partial charge in [0.25, 0.3) is 5.56 Å². The molecule has 2 heterocycles. The van der Waals surface area contributed by atoms with Gasteiger partial charge in [0.2, 0.25) is 17.6 Å². The van der Waals surface area contributed by atoms with Crippen LogP contribution >= 0.6 is 11.8 Å². The first-order chi connectivity index (χ1) is 17.0. The van der Waals surface area contributed by atoms with Crippen molar-refractivity contribution in [3.8, 4) is 22.8 Å². The summed E-state index contributed by atoms with van der Waals surface area (Å²) < 4.78 is 14.3. The van der Waals surface area contributed by atoms with Gasteiger partial charge in [0.15, 0.2) is 0 Å². The van der Waals surface area contributed by atoms with Crippen molar-refractivity contribution >= 4 is 23.4 Å². The lowest BCUT2D eigenvalue weighted by Crippen LogP contribution is -2.23. The summed E-state index contributed by atoms with van der Waals surface area (Å²) in [5, 5.41) is 6.84. The number of thioether (sulfide) groups is 1. The van der Waals surface area contributed by atoms with E-state index in [9.17, 15) is 9.59 Å². The minimum Gasteiger partial charge on any atom is -0.493 e. The van der Waals surface area contributed by atoms with Crippen LogP contribution in [0, 0.1) is 6.92 Å². The van der Waals surface area contributed by atoms with Crippen LogP contribution in [0.5, 0.6) is 5.75 Å². The van der Waals surface area contributed by atoms with Crippen molar-refractivity contribution in [3.63, 3.8) is 0 Å². The largest absolute Gasteiger partial charge is 0.493 e. The first kappa shape index (κ1) is 24.3. The van der Waals surface area contributed by atoms with Crippen molar-refractivity contribution < 1.29 is 14.1 Å². The second-order valence-electron chi connectivity index (χ2n) is 7.73. The average Bonchev–Trinajstić information content (AvgIpc) is 3.42. The summed E-state index contributed by atoms with van der Waals surface area (Å²) >= 11 is 1.50. The Labute approximate surface area is 207 Å². The van der Waals surface area contributed by atoms with Gasteiger partial charge in [-0.3, -0.25) is 14.3 Å². The van der Waals surface area contributed by atoms with E-state index in [2.05, 4.69) is 15.5 Å². The van der Waals surface area contributed by atoms with Gasteiger partial charge in [0.1, 0.15) is 11.4 Å². The molecule has 9 nitrogen and oxygen atoms in total. The van der Waals surface area contributed by atoms with E-state index in [1.54, 1.807) is 11.7 Å². The summed E-state index contributed by atoms with van der Waals surface area (Å²) in [7, 11) is 1.79. The average molecular weight is 494 g/mol. The normalized spacial score (nSPS) is 10.9. The number of amides is 1. The van der Waals surface area contributed by atoms with E-state index in [0.717, 1.165) is 11.3 Å². The maximum Gasteiger partial charge on any atom is 0.295 e. The van der Waals surface area contributed by atoms with Gasteiger partial charge in [-0.1, -0.05) is 35.5 Å². The lowest BCUT2D eigenvalue weighted by Gasteiger charge is -2.07. The topological polar surface area (TPSA) is 104 Å². The van der Waals surface area contributed by atoms with E-state index in [4.69, 9.17) is 9.26 Å². The first-order valence-corrected chi connectivity index (χ1v) is 12.4. The Bertz CT molecular complexity index is 1360. The van der Waals surface area contributed by atoms with Crippen LogP contribution in [-0.2, 0) is 17.6 Å². The van der Waals surface area contributed by atoms with E-state index >= 15 is 0 Å². The number of carbonyl (C=O) groups excluding carboxylic acids is 1. The molecule has 1 N–H and O–H groups in total. The number of hydrogen-bond acceptors (Lipinski definition) is 7. The number of hydrogen-bond donors (Lipinski definition) is 1. The van der Waals surface area contributed by atoms with Gasteiger partial charge >= 0.3 is 0 Å². The van der Waals surface area contributed by atoms with Crippen molar-refractivity contribution in [2.24, 2.45) is 7.05 Å². The quantitative estimate of drug-likeness (QED) is 0.330. The second-order valence-corrected chi connectivity index (χ2v) is 8.83. The highest BCUT2D eigenvalue weighted by Crippen LogP contribution is 2.28. The molecule has 2 aromatic heterocycles. The maximum absolute atomic E-state index is 12.9. The highest BCUT2D eigenvalue weighted by Gasteiger charge is 2.18. The molecule has 4 rings (SSSR count). The monoisotopic (exact) mass is 493 g/mol. The summed E-state index contributed by atoms with van der Waals surface area (Å²) in [6.07, 6.45) is 0.248. The standard InChI is InChI=1S/C25H27N5O4S/c1-4-33-20-13-9-8-12-19(20)24-27-22(34-28-24)16-35-15-14-21(31)26-23-17(2)29(3)30(25(23)32)18-10-6-5-7-11-18/h5-13H,4,14-16H2,1-3H3,(H,26,31). The van der Waals surface area contributed by atoms with Crippen molar-refractivity contribution in [3.05, 3.63) is 76.5 Å². The Morgan fingerprint density at radius 2 is 1.89 bits per heavy atom. The molecule has 0 fully saturated rings. The SMILES string of the molecule is CCOc1ccccc1-c1noc(CSCCC(=O)Nc2c(C)n(C)n(-c3ccccc3)c2=O)n1. The molecule has 0 unspecified atom stereocenters. The molecule has 0 saturated carbocycles.